The number of nitrogens with zero attached hydrogens (tertiary/aromatic N) is 1. The van der Waals surface area contributed by atoms with Gasteiger partial charge in [-0.05, 0) is 48.6 Å². The van der Waals surface area contributed by atoms with Gasteiger partial charge in [0, 0.05) is 11.6 Å². The highest BCUT2D eigenvalue weighted by atomic mass is 19.1. The largest absolute Gasteiger partial charge is 0.459 e. The fourth-order valence-corrected chi connectivity index (χ4v) is 3.27. The quantitative estimate of drug-likeness (QED) is 0.371. The normalized spacial score (nSPS) is 20.6. The second kappa shape index (κ2) is 8.44. The number of nitrogens with one attached hydrogen (secondary N) is 1. The Hall–Kier alpha value is -2.93. The van der Waals surface area contributed by atoms with Crippen LogP contribution >= 0.6 is 0 Å². The molecule has 0 spiro atoms. The topological polar surface area (TPSA) is 69.7 Å². The SMILES string of the molecule is CC1(C)C(=CNOCC2CC2)C1C(=O)OCc1ccc(F)c(Oc2ccccc2)n1. The van der Waals surface area contributed by atoms with Gasteiger partial charge in [0.25, 0.3) is 5.88 Å². The first-order valence-electron chi connectivity index (χ1n) is 10.1. The predicted octanol–water partition coefficient (Wildman–Crippen LogP) is 4.53. The van der Waals surface area contributed by atoms with Crippen LogP contribution in [0, 0.1) is 23.1 Å². The standard InChI is InChI=1S/C23H25FN2O4/c1-23(2)18(12-25-29-13-15-8-9-15)20(23)22(27)28-14-16-10-11-19(24)21(26-16)30-17-6-4-3-5-7-17/h3-7,10-12,15,20,25H,8-9,13-14H2,1-2H3. The molecule has 0 radical (unpaired) electrons. The van der Waals surface area contributed by atoms with Crippen LogP contribution in [0.5, 0.6) is 11.6 Å². The zero-order valence-electron chi connectivity index (χ0n) is 17.1. The highest BCUT2D eigenvalue weighted by molar-refractivity contribution is 5.83. The molecule has 30 heavy (non-hydrogen) atoms. The molecule has 1 aromatic carbocycles. The summed E-state index contributed by atoms with van der Waals surface area (Å²) in [5.74, 6) is -0.285. The molecule has 1 N–H and O–H groups in total. The molecule has 0 bridgehead atoms. The molecule has 0 amide bonds. The first kappa shape index (κ1) is 20.3. The molecule has 2 fully saturated rings. The molecule has 2 saturated carbocycles. The molecule has 4 rings (SSSR count). The van der Waals surface area contributed by atoms with Crippen LogP contribution in [0.2, 0.25) is 0 Å². The minimum Gasteiger partial charge on any atom is -0.459 e. The zero-order chi connectivity index (χ0) is 21.1. The maximum absolute atomic E-state index is 14.0. The van der Waals surface area contributed by atoms with Crippen LogP contribution in [-0.4, -0.2) is 17.6 Å². The van der Waals surface area contributed by atoms with E-state index in [2.05, 4.69) is 10.5 Å². The molecule has 2 aliphatic carbocycles. The first-order chi connectivity index (χ1) is 14.4. The summed E-state index contributed by atoms with van der Waals surface area (Å²) in [5, 5.41) is 0. The first-order valence-corrected chi connectivity index (χ1v) is 10.1. The van der Waals surface area contributed by atoms with Crippen molar-refractivity contribution in [1.29, 1.82) is 0 Å². The van der Waals surface area contributed by atoms with Crippen molar-refractivity contribution in [2.45, 2.75) is 33.3 Å². The van der Waals surface area contributed by atoms with Crippen LogP contribution < -0.4 is 10.2 Å². The highest BCUT2D eigenvalue weighted by Gasteiger charge is 2.58. The number of ether oxygens (including phenoxy) is 2. The number of benzene rings is 1. The van der Waals surface area contributed by atoms with Gasteiger partial charge in [0.2, 0.25) is 0 Å². The van der Waals surface area contributed by atoms with Crippen molar-refractivity contribution in [3.8, 4) is 11.6 Å². The average molecular weight is 412 g/mol. The Morgan fingerprint density at radius 1 is 1.23 bits per heavy atom. The summed E-state index contributed by atoms with van der Waals surface area (Å²) >= 11 is 0. The summed E-state index contributed by atoms with van der Waals surface area (Å²) in [6.45, 7) is 4.59. The van der Waals surface area contributed by atoms with Gasteiger partial charge in [-0.25, -0.2) is 9.37 Å². The smallest absolute Gasteiger partial charge is 0.314 e. The van der Waals surface area contributed by atoms with E-state index in [1.54, 1.807) is 30.5 Å². The van der Waals surface area contributed by atoms with E-state index >= 15 is 0 Å². The molecule has 7 heteroatoms. The minimum absolute atomic E-state index is 0.0598. The highest BCUT2D eigenvalue weighted by Crippen LogP contribution is 2.58. The second-order valence-electron chi connectivity index (χ2n) is 8.24. The monoisotopic (exact) mass is 412 g/mol. The van der Waals surface area contributed by atoms with Gasteiger partial charge in [0.15, 0.2) is 5.82 Å². The van der Waals surface area contributed by atoms with E-state index in [0.29, 0.717) is 24.0 Å². The molecule has 1 heterocycles. The number of pyridine rings is 1. The van der Waals surface area contributed by atoms with Gasteiger partial charge >= 0.3 is 5.97 Å². The zero-order valence-corrected chi connectivity index (χ0v) is 17.1. The van der Waals surface area contributed by atoms with Crippen LogP contribution in [0.3, 0.4) is 0 Å². The lowest BCUT2D eigenvalue weighted by Gasteiger charge is -2.09. The van der Waals surface area contributed by atoms with Crippen molar-refractivity contribution >= 4 is 5.97 Å². The van der Waals surface area contributed by atoms with Gasteiger partial charge in [0.1, 0.15) is 12.4 Å². The van der Waals surface area contributed by atoms with Crippen molar-refractivity contribution in [2.24, 2.45) is 17.3 Å². The molecule has 0 saturated heterocycles. The summed E-state index contributed by atoms with van der Waals surface area (Å²) in [4.78, 5) is 22.1. The van der Waals surface area contributed by atoms with Crippen molar-refractivity contribution < 1.29 is 23.5 Å². The second-order valence-corrected chi connectivity index (χ2v) is 8.24. The molecular formula is C23H25FN2O4. The third-order valence-electron chi connectivity index (χ3n) is 5.43. The Labute approximate surface area is 175 Å². The van der Waals surface area contributed by atoms with Gasteiger partial charge in [-0.1, -0.05) is 32.0 Å². The summed E-state index contributed by atoms with van der Waals surface area (Å²) in [5.41, 5.74) is 3.88. The summed E-state index contributed by atoms with van der Waals surface area (Å²) in [6, 6.07) is 11.5. The number of carbonyl (C=O) groups is 1. The third-order valence-corrected chi connectivity index (χ3v) is 5.43. The summed E-state index contributed by atoms with van der Waals surface area (Å²) in [7, 11) is 0. The van der Waals surface area contributed by atoms with Crippen molar-refractivity contribution in [2.75, 3.05) is 6.61 Å². The van der Waals surface area contributed by atoms with E-state index in [9.17, 15) is 9.18 Å². The number of para-hydroxylation sites is 1. The lowest BCUT2D eigenvalue weighted by molar-refractivity contribution is -0.147. The van der Waals surface area contributed by atoms with Gasteiger partial charge in [-0.3, -0.25) is 15.1 Å². The van der Waals surface area contributed by atoms with Crippen LogP contribution in [0.15, 0.2) is 54.2 Å². The van der Waals surface area contributed by atoms with Crippen LogP contribution in [-0.2, 0) is 21.0 Å². The molecule has 1 unspecified atom stereocenters. The summed E-state index contributed by atoms with van der Waals surface area (Å²) < 4.78 is 24.9. The van der Waals surface area contributed by atoms with Gasteiger partial charge in [0.05, 0.1) is 18.2 Å². The predicted molar refractivity (Wildman–Crippen MR) is 108 cm³/mol. The Morgan fingerprint density at radius 2 is 2.00 bits per heavy atom. The number of halogens is 1. The number of carbonyl (C=O) groups excluding carboxylic acids is 1. The number of hydroxylamine groups is 1. The molecule has 158 valence electrons. The Balaban J connectivity index is 1.32. The summed E-state index contributed by atoms with van der Waals surface area (Å²) in [6.07, 6.45) is 4.18. The van der Waals surface area contributed by atoms with Crippen LogP contribution in [0.25, 0.3) is 0 Å². The molecule has 6 nitrogen and oxygen atoms in total. The molecular weight excluding hydrogens is 387 g/mol. The maximum Gasteiger partial charge on any atom is 0.314 e. The number of hydrogen-bond donors (Lipinski definition) is 1. The number of aromatic nitrogens is 1. The van der Waals surface area contributed by atoms with E-state index < -0.39 is 5.82 Å². The lowest BCUT2D eigenvalue weighted by atomic mass is 10.1. The maximum atomic E-state index is 14.0. The van der Waals surface area contributed by atoms with Crippen LogP contribution in [0.4, 0.5) is 4.39 Å². The minimum atomic E-state index is -0.584. The van der Waals surface area contributed by atoms with Gasteiger partial charge in [-0.15, -0.1) is 0 Å². The Morgan fingerprint density at radius 3 is 2.73 bits per heavy atom. The van der Waals surface area contributed by atoms with E-state index in [1.807, 2.05) is 19.9 Å². The Bertz CT molecular complexity index is 941. The van der Waals surface area contributed by atoms with E-state index in [1.165, 1.54) is 25.0 Å². The molecule has 2 aromatic rings. The molecule has 1 atom stereocenters. The van der Waals surface area contributed by atoms with E-state index in [4.69, 9.17) is 14.3 Å². The van der Waals surface area contributed by atoms with Crippen LogP contribution in [0.1, 0.15) is 32.4 Å². The average Bonchev–Trinajstić information content (AvgIpc) is 3.63. The number of esters is 1. The number of rotatable bonds is 9. The van der Waals surface area contributed by atoms with Gasteiger partial charge < -0.3 is 9.47 Å². The third kappa shape index (κ3) is 4.79. The molecule has 2 aliphatic rings. The fraction of sp³-hybridized carbons (Fsp3) is 0.391. The fourth-order valence-electron chi connectivity index (χ4n) is 3.27. The molecule has 1 aromatic heterocycles. The van der Waals surface area contributed by atoms with Crippen molar-refractivity contribution in [1.82, 2.24) is 10.5 Å². The number of hydrogen-bond acceptors (Lipinski definition) is 6. The van der Waals surface area contributed by atoms with Crippen molar-refractivity contribution in [3.63, 3.8) is 0 Å². The Kier molecular flexibility index (Phi) is 5.72. The van der Waals surface area contributed by atoms with E-state index in [-0.39, 0.29) is 29.8 Å². The van der Waals surface area contributed by atoms with Crippen molar-refractivity contribution in [3.05, 3.63) is 65.7 Å². The molecule has 0 aliphatic heterocycles. The van der Waals surface area contributed by atoms with E-state index in [0.717, 1.165) is 5.57 Å². The lowest BCUT2D eigenvalue weighted by Crippen LogP contribution is -2.11. The van der Waals surface area contributed by atoms with Gasteiger partial charge in [-0.2, -0.15) is 0 Å².